The van der Waals surface area contributed by atoms with Crippen molar-refractivity contribution in [2.75, 3.05) is 6.54 Å². The van der Waals surface area contributed by atoms with E-state index < -0.39 is 0 Å². The Morgan fingerprint density at radius 1 is 1.22 bits per heavy atom. The van der Waals surface area contributed by atoms with Gasteiger partial charge in [0.25, 0.3) is 5.56 Å². The number of nitrogens with one attached hydrogen (secondary N) is 2. The number of hydrogen-bond acceptors (Lipinski definition) is 3. The fourth-order valence-corrected chi connectivity index (χ4v) is 3.90. The van der Waals surface area contributed by atoms with Crippen LogP contribution in [0.15, 0.2) is 41.2 Å². The maximum atomic E-state index is 12.2. The van der Waals surface area contributed by atoms with Crippen LogP contribution in [-0.2, 0) is 11.2 Å². The molecule has 0 saturated heterocycles. The normalized spacial score (nSPS) is 25.1. The van der Waals surface area contributed by atoms with E-state index in [2.05, 4.69) is 27.7 Å². The third-order valence-electron chi connectivity index (χ3n) is 5.08. The van der Waals surface area contributed by atoms with Gasteiger partial charge in [-0.05, 0) is 36.7 Å². The van der Waals surface area contributed by atoms with E-state index in [1.165, 1.54) is 12.8 Å². The zero-order valence-electron chi connectivity index (χ0n) is 12.8. The van der Waals surface area contributed by atoms with E-state index in [0.717, 1.165) is 11.9 Å². The summed E-state index contributed by atoms with van der Waals surface area (Å²) in [7, 11) is 0. The number of nitrogens with zero attached hydrogens (tertiary/aromatic N) is 1. The smallest absolute Gasteiger partial charge is 0.272 e. The molecule has 1 heterocycles. The van der Waals surface area contributed by atoms with Crippen LogP contribution in [-0.4, -0.2) is 22.6 Å². The number of rotatable bonds is 4. The lowest BCUT2D eigenvalue weighted by atomic mass is 9.93. The minimum atomic E-state index is -0.224. The van der Waals surface area contributed by atoms with E-state index in [1.807, 2.05) is 18.2 Å². The number of hydrogen-bond donors (Lipinski definition) is 2. The zero-order valence-corrected chi connectivity index (χ0v) is 12.8. The summed E-state index contributed by atoms with van der Waals surface area (Å²) in [4.78, 5) is 24.0. The second kappa shape index (κ2) is 5.65. The summed E-state index contributed by atoms with van der Waals surface area (Å²) in [5.74, 6) is 1.87. The molecule has 1 aromatic carbocycles. The Balaban J connectivity index is 1.44. The Kier molecular flexibility index (Phi) is 3.48. The summed E-state index contributed by atoms with van der Waals surface area (Å²) in [6, 6.07) is 7.25. The molecule has 4 rings (SSSR count). The monoisotopic (exact) mass is 309 g/mol. The van der Waals surface area contributed by atoms with Crippen molar-refractivity contribution >= 4 is 16.7 Å². The largest absolute Gasteiger partial charge is 0.355 e. The molecule has 5 heteroatoms. The fraction of sp³-hybridized carbons (Fsp3) is 0.389. The van der Waals surface area contributed by atoms with Crippen LogP contribution < -0.4 is 10.9 Å². The third-order valence-corrected chi connectivity index (χ3v) is 5.08. The Hall–Kier alpha value is -2.43. The summed E-state index contributed by atoms with van der Waals surface area (Å²) in [6.45, 7) is 0.728. The molecule has 0 aliphatic heterocycles. The van der Waals surface area contributed by atoms with Gasteiger partial charge in [0.2, 0.25) is 5.91 Å². The minimum Gasteiger partial charge on any atom is -0.355 e. The number of carbonyl (C=O) groups excluding carboxylic acids is 1. The zero-order chi connectivity index (χ0) is 15.8. The van der Waals surface area contributed by atoms with E-state index in [9.17, 15) is 9.59 Å². The summed E-state index contributed by atoms with van der Waals surface area (Å²) in [5, 5.41) is 10.9. The number of fused-ring (bicyclic) bond motifs is 3. The van der Waals surface area contributed by atoms with Crippen molar-refractivity contribution in [3.63, 3.8) is 0 Å². The van der Waals surface area contributed by atoms with Crippen molar-refractivity contribution in [1.82, 2.24) is 15.5 Å². The van der Waals surface area contributed by atoms with Crippen molar-refractivity contribution in [3.8, 4) is 0 Å². The van der Waals surface area contributed by atoms with Gasteiger partial charge in [-0.1, -0.05) is 30.4 Å². The van der Waals surface area contributed by atoms with Crippen LogP contribution in [0.4, 0.5) is 0 Å². The Labute approximate surface area is 133 Å². The highest BCUT2D eigenvalue weighted by Gasteiger charge is 2.35. The maximum Gasteiger partial charge on any atom is 0.272 e. The fourth-order valence-electron chi connectivity index (χ4n) is 3.90. The molecular weight excluding hydrogens is 290 g/mol. The molecule has 0 spiro atoms. The highest BCUT2D eigenvalue weighted by atomic mass is 16.1. The van der Waals surface area contributed by atoms with E-state index in [4.69, 9.17) is 0 Å². The maximum absolute atomic E-state index is 12.2. The molecule has 1 saturated carbocycles. The van der Waals surface area contributed by atoms with Gasteiger partial charge in [0.1, 0.15) is 0 Å². The second-order valence-corrected chi connectivity index (χ2v) is 6.57. The summed E-state index contributed by atoms with van der Waals surface area (Å²) >= 11 is 0. The first-order valence-corrected chi connectivity index (χ1v) is 8.12. The van der Waals surface area contributed by atoms with Gasteiger partial charge in [0, 0.05) is 11.9 Å². The van der Waals surface area contributed by atoms with Gasteiger partial charge in [-0.2, -0.15) is 5.10 Å². The molecular formula is C18H19N3O2. The summed E-state index contributed by atoms with van der Waals surface area (Å²) < 4.78 is 0. The quantitative estimate of drug-likeness (QED) is 0.846. The molecule has 1 amide bonds. The van der Waals surface area contributed by atoms with Gasteiger partial charge in [0.05, 0.1) is 17.5 Å². The van der Waals surface area contributed by atoms with Crippen molar-refractivity contribution in [3.05, 3.63) is 52.5 Å². The molecule has 5 nitrogen and oxygen atoms in total. The molecule has 1 fully saturated rings. The first kappa shape index (κ1) is 14.2. The molecule has 2 aliphatic carbocycles. The van der Waals surface area contributed by atoms with E-state index >= 15 is 0 Å². The van der Waals surface area contributed by atoms with Gasteiger partial charge >= 0.3 is 0 Å². The number of H-pyrrole nitrogens is 1. The SMILES string of the molecule is O=C(Cc1n[nH]c(=O)c2ccccc12)NC[C@H]1C[C@@H]2C=C[C@@H]1C2. The van der Waals surface area contributed by atoms with Crippen molar-refractivity contribution in [2.24, 2.45) is 17.8 Å². The lowest BCUT2D eigenvalue weighted by Crippen LogP contribution is -2.32. The predicted octanol–water partition coefficient (Wildman–Crippen LogP) is 1.79. The third kappa shape index (κ3) is 2.67. The molecule has 23 heavy (non-hydrogen) atoms. The lowest BCUT2D eigenvalue weighted by molar-refractivity contribution is -0.120. The molecule has 2 N–H and O–H groups in total. The van der Waals surface area contributed by atoms with Crippen LogP contribution in [0.25, 0.3) is 10.8 Å². The highest BCUT2D eigenvalue weighted by molar-refractivity contribution is 5.88. The number of aromatic nitrogens is 2. The Bertz CT molecular complexity index is 840. The number of allylic oxidation sites excluding steroid dienone is 2. The summed E-state index contributed by atoms with van der Waals surface area (Å²) in [6.07, 6.45) is 7.21. The van der Waals surface area contributed by atoms with Crippen molar-refractivity contribution in [2.45, 2.75) is 19.3 Å². The van der Waals surface area contributed by atoms with Crippen LogP contribution in [0.2, 0.25) is 0 Å². The van der Waals surface area contributed by atoms with Crippen LogP contribution in [0.1, 0.15) is 18.5 Å². The van der Waals surface area contributed by atoms with Gasteiger partial charge in [-0.15, -0.1) is 0 Å². The first-order valence-electron chi connectivity index (χ1n) is 8.12. The number of benzene rings is 1. The van der Waals surface area contributed by atoms with Crippen LogP contribution >= 0.6 is 0 Å². The van der Waals surface area contributed by atoms with Crippen LogP contribution in [0.3, 0.4) is 0 Å². The van der Waals surface area contributed by atoms with Gasteiger partial charge in [-0.25, -0.2) is 5.10 Å². The molecule has 2 bridgehead atoms. The van der Waals surface area contributed by atoms with E-state index in [-0.39, 0.29) is 17.9 Å². The van der Waals surface area contributed by atoms with E-state index in [0.29, 0.717) is 28.8 Å². The van der Waals surface area contributed by atoms with Gasteiger partial charge in [-0.3, -0.25) is 9.59 Å². The highest BCUT2D eigenvalue weighted by Crippen LogP contribution is 2.42. The van der Waals surface area contributed by atoms with Crippen LogP contribution in [0.5, 0.6) is 0 Å². The van der Waals surface area contributed by atoms with Crippen molar-refractivity contribution in [1.29, 1.82) is 0 Å². The first-order chi connectivity index (χ1) is 11.2. The van der Waals surface area contributed by atoms with Gasteiger partial charge in [0.15, 0.2) is 0 Å². The average molecular weight is 309 g/mol. The molecule has 118 valence electrons. The number of carbonyl (C=O) groups is 1. The molecule has 0 unspecified atom stereocenters. The Morgan fingerprint density at radius 2 is 2.04 bits per heavy atom. The molecule has 1 aromatic heterocycles. The van der Waals surface area contributed by atoms with E-state index in [1.54, 1.807) is 6.07 Å². The van der Waals surface area contributed by atoms with Gasteiger partial charge < -0.3 is 5.32 Å². The predicted molar refractivity (Wildman–Crippen MR) is 87.9 cm³/mol. The molecule has 2 aliphatic rings. The van der Waals surface area contributed by atoms with Crippen LogP contribution in [0, 0.1) is 17.8 Å². The average Bonchev–Trinajstić information content (AvgIpc) is 3.19. The number of amides is 1. The Morgan fingerprint density at radius 3 is 2.78 bits per heavy atom. The number of aromatic amines is 1. The topological polar surface area (TPSA) is 74.8 Å². The summed E-state index contributed by atoms with van der Waals surface area (Å²) in [5.41, 5.74) is 0.393. The molecule has 0 radical (unpaired) electrons. The minimum absolute atomic E-state index is 0.0403. The lowest BCUT2D eigenvalue weighted by Gasteiger charge is -2.18. The molecule has 3 atom stereocenters. The second-order valence-electron chi connectivity index (χ2n) is 6.57. The standard InChI is InChI=1S/C18H19N3O2/c22-17(19-10-13-8-11-5-6-12(13)7-11)9-16-14-3-1-2-4-15(14)18(23)21-20-16/h1-6,11-13H,7-10H2,(H,19,22)(H,21,23)/t11-,12-,13-/m1/s1. The van der Waals surface area contributed by atoms with Crippen molar-refractivity contribution < 1.29 is 4.79 Å². The molecule has 2 aromatic rings.